The van der Waals surface area contributed by atoms with Gasteiger partial charge in [-0.15, -0.1) is 0 Å². The Morgan fingerprint density at radius 2 is 1.89 bits per heavy atom. The topological polar surface area (TPSA) is 93.7 Å². The van der Waals surface area contributed by atoms with E-state index in [0.29, 0.717) is 18.8 Å². The molecule has 1 unspecified atom stereocenters. The summed E-state index contributed by atoms with van der Waals surface area (Å²) >= 11 is 0. The Hall–Kier alpha value is -3.21. The number of amides is 1. The zero-order valence-corrected chi connectivity index (χ0v) is 20.5. The first-order chi connectivity index (χ1) is 16.4. The Bertz CT molecular complexity index is 1010. The number of hydrogen-bond donors (Lipinski definition) is 1. The number of pyridine rings is 2. The molecule has 35 heavy (non-hydrogen) atoms. The third-order valence-corrected chi connectivity index (χ3v) is 5.16. The minimum atomic E-state index is -4.52. The summed E-state index contributed by atoms with van der Waals surface area (Å²) < 4.78 is 47.5. The standard InChI is InChI=1S/C24H31F3N4O4/c1-15(2)20(32)13-18-12-17(8-9-28-18)16(3)29-23(33)19-6-7-21(35-14-24(25,26)27)30-22(19)31(4)10-11-34-5/h6-9,12,15-16H,10-11,13-14H2,1-5H3,(H,29,33). The fourth-order valence-corrected chi connectivity index (χ4v) is 3.07. The van der Waals surface area contributed by atoms with Gasteiger partial charge in [0.1, 0.15) is 11.6 Å². The molecule has 11 heteroatoms. The number of aromatic nitrogens is 2. The molecule has 2 aromatic heterocycles. The van der Waals surface area contributed by atoms with Gasteiger partial charge in [0.15, 0.2) is 6.61 Å². The van der Waals surface area contributed by atoms with Crippen molar-refractivity contribution in [3.63, 3.8) is 0 Å². The van der Waals surface area contributed by atoms with Crippen LogP contribution < -0.4 is 15.0 Å². The van der Waals surface area contributed by atoms with Gasteiger partial charge in [-0.25, -0.2) is 0 Å². The van der Waals surface area contributed by atoms with Gasteiger partial charge in [0.25, 0.3) is 5.91 Å². The van der Waals surface area contributed by atoms with Crippen LogP contribution >= 0.6 is 0 Å². The molecule has 0 fully saturated rings. The van der Waals surface area contributed by atoms with E-state index in [9.17, 15) is 22.8 Å². The molecule has 0 aliphatic rings. The van der Waals surface area contributed by atoms with E-state index in [-0.39, 0.29) is 35.4 Å². The van der Waals surface area contributed by atoms with Crippen molar-refractivity contribution in [2.45, 2.75) is 39.4 Å². The molecule has 8 nitrogen and oxygen atoms in total. The third kappa shape index (κ3) is 8.82. The summed E-state index contributed by atoms with van der Waals surface area (Å²) in [4.78, 5) is 35.1. The predicted octanol–water partition coefficient (Wildman–Crippen LogP) is 3.76. The second kappa shape index (κ2) is 12.5. The highest BCUT2D eigenvalue weighted by Gasteiger charge is 2.29. The Kier molecular flexibility index (Phi) is 10.00. The molecule has 0 saturated carbocycles. The summed E-state index contributed by atoms with van der Waals surface area (Å²) in [6.45, 7) is 4.60. The quantitative estimate of drug-likeness (QED) is 0.478. The van der Waals surface area contributed by atoms with Crippen LogP contribution in [0.25, 0.3) is 0 Å². The average molecular weight is 497 g/mol. The van der Waals surface area contributed by atoms with Crippen LogP contribution in [-0.2, 0) is 16.0 Å². The molecule has 0 bridgehead atoms. The largest absolute Gasteiger partial charge is 0.468 e. The molecule has 1 atom stereocenters. The third-order valence-electron chi connectivity index (χ3n) is 5.16. The molecular weight excluding hydrogens is 465 g/mol. The maximum absolute atomic E-state index is 13.1. The van der Waals surface area contributed by atoms with Crippen molar-refractivity contribution in [1.29, 1.82) is 0 Å². The highest BCUT2D eigenvalue weighted by Crippen LogP contribution is 2.24. The van der Waals surface area contributed by atoms with Gasteiger partial charge in [0.05, 0.1) is 18.2 Å². The van der Waals surface area contributed by atoms with Gasteiger partial charge < -0.3 is 19.7 Å². The summed E-state index contributed by atoms with van der Waals surface area (Å²) in [5.74, 6) is -0.608. The van der Waals surface area contributed by atoms with E-state index in [1.54, 1.807) is 37.2 Å². The second-order valence-electron chi connectivity index (χ2n) is 8.41. The molecule has 2 heterocycles. The maximum Gasteiger partial charge on any atom is 0.422 e. The van der Waals surface area contributed by atoms with Crippen molar-refractivity contribution >= 4 is 17.5 Å². The number of alkyl halides is 3. The molecule has 1 amide bonds. The average Bonchev–Trinajstić information content (AvgIpc) is 2.80. The van der Waals surface area contributed by atoms with Gasteiger partial charge in [-0.3, -0.25) is 14.6 Å². The molecule has 0 radical (unpaired) electrons. The summed E-state index contributed by atoms with van der Waals surface area (Å²) in [6, 6.07) is 5.67. The van der Waals surface area contributed by atoms with Crippen LogP contribution in [0.4, 0.5) is 19.0 Å². The molecule has 1 N–H and O–H groups in total. The van der Waals surface area contributed by atoms with E-state index in [1.807, 2.05) is 13.8 Å². The number of anilines is 1. The summed E-state index contributed by atoms with van der Waals surface area (Å²) in [5.41, 5.74) is 1.53. The summed E-state index contributed by atoms with van der Waals surface area (Å²) in [7, 11) is 3.16. The van der Waals surface area contributed by atoms with Gasteiger partial charge in [-0.05, 0) is 30.7 Å². The van der Waals surface area contributed by atoms with Crippen LogP contribution in [0.5, 0.6) is 5.88 Å². The van der Waals surface area contributed by atoms with Crippen LogP contribution in [0.3, 0.4) is 0 Å². The number of Topliss-reactive ketones (excluding diaryl/α,β-unsaturated/α-hetero) is 1. The van der Waals surface area contributed by atoms with E-state index in [4.69, 9.17) is 9.47 Å². The van der Waals surface area contributed by atoms with Gasteiger partial charge in [-0.1, -0.05) is 13.8 Å². The molecule has 0 aliphatic heterocycles. The number of nitrogens with one attached hydrogen (secondary N) is 1. The fourth-order valence-electron chi connectivity index (χ4n) is 3.07. The highest BCUT2D eigenvalue weighted by molar-refractivity contribution is 5.99. The van der Waals surface area contributed by atoms with Crippen LogP contribution in [-0.4, -0.2) is 61.8 Å². The zero-order valence-electron chi connectivity index (χ0n) is 20.5. The van der Waals surface area contributed by atoms with Crippen molar-refractivity contribution in [3.05, 3.63) is 47.3 Å². The van der Waals surface area contributed by atoms with Crippen LogP contribution in [0.15, 0.2) is 30.5 Å². The number of hydrogen-bond acceptors (Lipinski definition) is 7. The summed E-state index contributed by atoms with van der Waals surface area (Å²) in [5, 5.41) is 2.87. The molecular formula is C24H31F3N4O4. The van der Waals surface area contributed by atoms with Gasteiger partial charge >= 0.3 is 6.18 Å². The van der Waals surface area contributed by atoms with Crippen molar-refractivity contribution in [2.75, 3.05) is 38.8 Å². The zero-order chi connectivity index (χ0) is 26.2. The molecule has 0 spiro atoms. The number of halogens is 3. The van der Waals surface area contributed by atoms with Gasteiger partial charge in [0.2, 0.25) is 5.88 Å². The lowest BCUT2D eigenvalue weighted by molar-refractivity contribution is -0.154. The van der Waals surface area contributed by atoms with E-state index >= 15 is 0 Å². The minimum Gasteiger partial charge on any atom is -0.468 e. The summed E-state index contributed by atoms with van der Waals surface area (Å²) in [6.07, 6.45) is -2.73. The Morgan fingerprint density at radius 3 is 2.51 bits per heavy atom. The number of likely N-dealkylation sites (N-methyl/N-ethyl adjacent to an activating group) is 1. The first-order valence-corrected chi connectivity index (χ1v) is 11.1. The normalized spacial score (nSPS) is 12.4. The first kappa shape index (κ1) is 28.0. The second-order valence-corrected chi connectivity index (χ2v) is 8.41. The van der Waals surface area contributed by atoms with E-state index in [1.165, 1.54) is 19.2 Å². The monoisotopic (exact) mass is 496 g/mol. The van der Waals surface area contributed by atoms with Crippen LogP contribution in [0, 0.1) is 5.92 Å². The van der Waals surface area contributed by atoms with Crippen molar-refractivity contribution in [1.82, 2.24) is 15.3 Å². The van der Waals surface area contributed by atoms with Crippen LogP contribution in [0.1, 0.15) is 48.4 Å². The smallest absolute Gasteiger partial charge is 0.422 e. The number of ketones is 1. The minimum absolute atomic E-state index is 0.0639. The SMILES string of the molecule is COCCN(C)c1nc(OCC(F)(F)F)ccc1C(=O)NC(C)c1ccnc(CC(=O)C(C)C)c1. The Balaban J connectivity index is 2.23. The number of carbonyl (C=O) groups is 2. The molecule has 2 aromatic rings. The highest BCUT2D eigenvalue weighted by atomic mass is 19.4. The lowest BCUT2D eigenvalue weighted by Gasteiger charge is -2.22. The van der Waals surface area contributed by atoms with Crippen molar-refractivity contribution in [2.24, 2.45) is 5.92 Å². The van der Waals surface area contributed by atoms with Crippen molar-refractivity contribution in [3.8, 4) is 5.88 Å². The number of ether oxygens (including phenoxy) is 2. The fraction of sp³-hybridized carbons (Fsp3) is 0.500. The lowest BCUT2D eigenvalue weighted by atomic mass is 10.0. The van der Waals surface area contributed by atoms with E-state index in [0.717, 1.165) is 5.56 Å². The van der Waals surface area contributed by atoms with E-state index < -0.39 is 24.7 Å². The lowest BCUT2D eigenvalue weighted by Crippen LogP contribution is -2.31. The molecule has 192 valence electrons. The number of rotatable bonds is 12. The molecule has 0 saturated heterocycles. The van der Waals surface area contributed by atoms with Crippen LogP contribution in [0.2, 0.25) is 0 Å². The first-order valence-electron chi connectivity index (χ1n) is 11.1. The Morgan fingerprint density at radius 1 is 1.17 bits per heavy atom. The molecule has 0 aromatic carbocycles. The number of carbonyl (C=O) groups excluding carboxylic acids is 2. The number of methoxy groups -OCH3 is 1. The van der Waals surface area contributed by atoms with Gasteiger partial charge in [-0.2, -0.15) is 18.2 Å². The Labute approximate surface area is 202 Å². The van der Waals surface area contributed by atoms with E-state index in [2.05, 4.69) is 15.3 Å². The van der Waals surface area contributed by atoms with Crippen molar-refractivity contribution < 1.29 is 32.2 Å². The number of nitrogens with zero attached hydrogens (tertiary/aromatic N) is 3. The molecule has 0 aliphatic carbocycles. The van der Waals surface area contributed by atoms with Gasteiger partial charge in [0, 0.05) is 51.0 Å². The molecule has 2 rings (SSSR count). The predicted molar refractivity (Wildman–Crippen MR) is 125 cm³/mol. The maximum atomic E-state index is 13.1.